The fourth-order valence-electron chi connectivity index (χ4n) is 1.47. The second-order valence-electron chi connectivity index (χ2n) is 4.07. The van der Waals surface area contributed by atoms with Crippen molar-refractivity contribution in [2.75, 3.05) is 5.32 Å². The van der Waals surface area contributed by atoms with Gasteiger partial charge in [-0.15, -0.1) is 0 Å². The molecule has 0 fully saturated rings. The fourth-order valence-corrected chi connectivity index (χ4v) is 1.60. The smallest absolute Gasteiger partial charge is 0.318 e. The minimum Gasteiger partial charge on any atom is -0.318 e. The van der Waals surface area contributed by atoms with E-state index in [1.165, 1.54) is 6.21 Å². The summed E-state index contributed by atoms with van der Waals surface area (Å²) < 4.78 is 0. The maximum Gasteiger partial charge on any atom is 0.329 e. The molecular formula is C15H12ClN3O2. The van der Waals surface area contributed by atoms with Crippen LogP contribution in [-0.2, 0) is 9.59 Å². The Morgan fingerprint density at radius 3 is 2.29 bits per heavy atom. The van der Waals surface area contributed by atoms with Crippen molar-refractivity contribution in [1.82, 2.24) is 5.43 Å². The van der Waals surface area contributed by atoms with Crippen LogP contribution in [0.25, 0.3) is 0 Å². The molecule has 0 saturated heterocycles. The number of hydrogen-bond donors (Lipinski definition) is 2. The molecule has 0 bridgehead atoms. The summed E-state index contributed by atoms with van der Waals surface area (Å²) in [5.41, 5.74) is 3.45. The zero-order chi connectivity index (χ0) is 15.1. The lowest BCUT2D eigenvalue weighted by molar-refractivity contribution is -0.136. The first-order valence-corrected chi connectivity index (χ1v) is 6.48. The average molecular weight is 302 g/mol. The zero-order valence-electron chi connectivity index (χ0n) is 10.9. The molecule has 2 rings (SSSR count). The SMILES string of the molecule is O=C(NN=Cc1ccc(Cl)cc1)C(=O)Nc1ccccc1. The molecule has 0 saturated carbocycles. The Morgan fingerprint density at radius 2 is 1.62 bits per heavy atom. The van der Waals surface area contributed by atoms with E-state index in [2.05, 4.69) is 15.8 Å². The monoisotopic (exact) mass is 301 g/mol. The summed E-state index contributed by atoms with van der Waals surface area (Å²) >= 11 is 5.75. The van der Waals surface area contributed by atoms with Crippen LogP contribution in [0.2, 0.25) is 5.02 Å². The number of carbonyl (C=O) groups excluding carboxylic acids is 2. The number of nitrogens with zero attached hydrogens (tertiary/aromatic N) is 1. The van der Waals surface area contributed by atoms with Crippen LogP contribution in [0.15, 0.2) is 59.7 Å². The predicted octanol–water partition coefficient (Wildman–Crippen LogP) is 2.43. The molecule has 0 unspecified atom stereocenters. The van der Waals surface area contributed by atoms with E-state index in [-0.39, 0.29) is 0 Å². The van der Waals surface area contributed by atoms with E-state index in [0.717, 1.165) is 5.56 Å². The molecule has 21 heavy (non-hydrogen) atoms. The number of amides is 2. The molecule has 0 aromatic heterocycles. The van der Waals surface area contributed by atoms with Gasteiger partial charge >= 0.3 is 11.8 Å². The maximum absolute atomic E-state index is 11.6. The Morgan fingerprint density at radius 1 is 0.952 bits per heavy atom. The van der Waals surface area contributed by atoms with Crippen LogP contribution >= 0.6 is 11.6 Å². The van der Waals surface area contributed by atoms with Gasteiger partial charge in [0.05, 0.1) is 6.21 Å². The highest BCUT2D eigenvalue weighted by Crippen LogP contribution is 2.07. The molecule has 2 amide bonds. The third kappa shape index (κ3) is 4.74. The predicted molar refractivity (Wildman–Crippen MR) is 82.3 cm³/mol. The van der Waals surface area contributed by atoms with Gasteiger partial charge in [0.25, 0.3) is 0 Å². The van der Waals surface area contributed by atoms with E-state index in [9.17, 15) is 9.59 Å². The third-order valence-electron chi connectivity index (χ3n) is 2.49. The summed E-state index contributed by atoms with van der Waals surface area (Å²) in [7, 11) is 0. The number of anilines is 1. The Bertz CT molecular complexity index is 654. The van der Waals surface area contributed by atoms with Gasteiger partial charge in [0.15, 0.2) is 0 Å². The van der Waals surface area contributed by atoms with Crippen LogP contribution < -0.4 is 10.7 Å². The molecular weight excluding hydrogens is 290 g/mol. The van der Waals surface area contributed by atoms with Gasteiger partial charge in [-0.1, -0.05) is 41.9 Å². The Kier molecular flexibility index (Phi) is 5.06. The third-order valence-corrected chi connectivity index (χ3v) is 2.74. The number of rotatable bonds is 3. The van der Waals surface area contributed by atoms with Gasteiger partial charge in [0.2, 0.25) is 0 Å². The number of hydrazone groups is 1. The van der Waals surface area contributed by atoms with Crippen molar-refractivity contribution in [2.24, 2.45) is 5.10 Å². The molecule has 0 spiro atoms. The summed E-state index contributed by atoms with van der Waals surface area (Å²) in [6.45, 7) is 0. The Labute approximate surface area is 126 Å². The first-order valence-electron chi connectivity index (χ1n) is 6.10. The van der Waals surface area contributed by atoms with Crippen molar-refractivity contribution in [3.63, 3.8) is 0 Å². The summed E-state index contributed by atoms with van der Waals surface area (Å²) in [4.78, 5) is 23.1. The molecule has 0 aliphatic heterocycles. The molecule has 6 heteroatoms. The van der Waals surface area contributed by atoms with Gasteiger partial charge in [-0.2, -0.15) is 5.10 Å². The minimum atomic E-state index is -0.843. The van der Waals surface area contributed by atoms with Crippen molar-refractivity contribution in [2.45, 2.75) is 0 Å². The highest BCUT2D eigenvalue weighted by molar-refractivity contribution is 6.39. The van der Waals surface area contributed by atoms with Crippen LogP contribution in [0, 0.1) is 0 Å². The topological polar surface area (TPSA) is 70.6 Å². The second-order valence-corrected chi connectivity index (χ2v) is 4.51. The molecule has 2 aromatic carbocycles. The second kappa shape index (κ2) is 7.21. The summed E-state index contributed by atoms with van der Waals surface area (Å²) in [5.74, 6) is -1.63. The zero-order valence-corrected chi connectivity index (χ0v) is 11.7. The molecule has 2 N–H and O–H groups in total. The largest absolute Gasteiger partial charge is 0.329 e. The first-order chi connectivity index (χ1) is 10.1. The number of hydrogen-bond acceptors (Lipinski definition) is 3. The molecule has 5 nitrogen and oxygen atoms in total. The van der Waals surface area contributed by atoms with Crippen molar-refractivity contribution in [1.29, 1.82) is 0 Å². The van der Waals surface area contributed by atoms with Crippen LogP contribution in [0.4, 0.5) is 5.69 Å². The van der Waals surface area contributed by atoms with Crippen molar-refractivity contribution in [3.8, 4) is 0 Å². The molecule has 2 aromatic rings. The number of carbonyl (C=O) groups is 2. The van der Waals surface area contributed by atoms with Crippen LogP contribution in [0.1, 0.15) is 5.56 Å². The van der Waals surface area contributed by atoms with Gasteiger partial charge in [0, 0.05) is 10.7 Å². The van der Waals surface area contributed by atoms with E-state index in [0.29, 0.717) is 10.7 Å². The van der Waals surface area contributed by atoms with Gasteiger partial charge in [-0.05, 0) is 29.8 Å². The quantitative estimate of drug-likeness (QED) is 0.519. The van der Waals surface area contributed by atoms with Gasteiger partial charge in [0.1, 0.15) is 0 Å². The summed E-state index contributed by atoms with van der Waals surface area (Å²) in [6.07, 6.45) is 1.42. The van der Waals surface area contributed by atoms with Crippen molar-refractivity contribution < 1.29 is 9.59 Å². The van der Waals surface area contributed by atoms with E-state index in [1.54, 1.807) is 48.5 Å². The molecule has 0 aliphatic rings. The van der Waals surface area contributed by atoms with E-state index in [1.807, 2.05) is 6.07 Å². The standard InChI is InChI=1S/C15H12ClN3O2/c16-12-8-6-11(7-9-12)10-17-19-15(21)14(20)18-13-4-2-1-3-5-13/h1-10H,(H,18,20)(H,19,21). The van der Waals surface area contributed by atoms with Gasteiger partial charge < -0.3 is 5.32 Å². The van der Waals surface area contributed by atoms with Crippen LogP contribution in [0.5, 0.6) is 0 Å². The average Bonchev–Trinajstić information content (AvgIpc) is 2.50. The normalized spacial score (nSPS) is 10.3. The summed E-state index contributed by atoms with van der Waals surface area (Å²) in [6, 6.07) is 15.6. The van der Waals surface area contributed by atoms with E-state index in [4.69, 9.17) is 11.6 Å². The minimum absolute atomic E-state index is 0.541. The molecule has 0 radical (unpaired) electrons. The lowest BCUT2D eigenvalue weighted by Gasteiger charge is -2.02. The van der Waals surface area contributed by atoms with E-state index >= 15 is 0 Å². The lowest BCUT2D eigenvalue weighted by atomic mass is 10.2. The first kappa shape index (κ1) is 14.7. The molecule has 0 heterocycles. The lowest BCUT2D eigenvalue weighted by Crippen LogP contribution is -2.32. The Hall–Kier alpha value is -2.66. The van der Waals surface area contributed by atoms with Gasteiger partial charge in [-0.25, -0.2) is 5.43 Å². The molecule has 106 valence electrons. The van der Waals surface area contributed by atoms with Crippen molar-refractivity contribution >= 4 is 35.3 Å². The van der Waals surface area contributed by atoms with E-state index < -0.39 is 11.8 Å². The van der Waals surface area contributed by atoms with Gasteiger partial charge in [-0.3, -0.25) is 9.59 Å². The number of nitrogens with one attached hydrogen (secondary N) is 2. The number of para-hydroxylation sites is 1. The maximum atomic E-state index is 11.6. The van der Waals surface area contributed by atoms with Crippen molar-refractivity contribution in [3.05, 3.63) is 65.2 Å². The molecule has 0 atom stereocenters. The Balaban J connectivity index is 1.86. The highest BCUT2D eigenvalue weighted by atomic mass is 35.5. The van der Waals surface area contributed by atoms with Crippen LogP contribution in [-0.4, -0.2) is 18.0 Å². The summed E-state index contributed by atoms with van der Waals surface area (Å²) in [5, 5.41) is 6.77. The molecule has 0 aliphatic carbocycles. The number of halogens is 1. The van der Waals surface area contributed by atoms with Crippen LogP contribution in [0.3, 0.4) is 0 Å². The highest BCUT2D eigenvalue weighted by Gasteiger charge is 2.12. The fraction of sp³-hybridized carbons (Fsp3) is 0. The number of benzene rings is 2.